The van der Waals surface area contributed by atoms with Gasteiger partial charge in [-0.15, -0.1) is 0 Å². The van der Waals surface area contributed by atoms with Gasteiger partial charge in [-0.25, -0.2) is 0 Å². The fourth-order valence-corrected chi connectivity index (χ4v) is 2.10. The molecular formula is C13H20N2O2S. The molecule has 1 amide bonds. The summed E-state index contributed by atoms with van der Waals surface area (Å²) in [7, 11) is -0.777. The number of carbonyl (C=O) groups excluding carboxylic acids is 1. The molecule has 1 unspecified atom stereocenters. The Labute approximate surface area is 111 Å². The van der Waals surface area contributed by atoms with E-state index < -0.39 is 10.8 Å². The Kier molecular flexibility index (Phi) is 6.60. The molecule has 5 heteroatoms. The number of benzene rings is 1. The summed E-state index contributed by atoms with van der Waals surface area (Å²) in [5, 5.41) is 5.82. The van der Waals surface area contributed by atoms with E-state index in [0.717, 1.165) is 11.3 Å². The fraction of sp³-hybridized carbons (Fsp3) is 0.462. The lowest BCUT2D eigenvalue weighted by Crippen LogP contribution is -2.31. The van der Waals surface area contributed by atoms with Crippen molar-refractivity contribution >= 4 is 22.4 Å². The van der Waals surface area contributed by atoms with Crippen molar-refractivity contribution in [3.8, 4) is 0 Å². The Morgan fingerprint density at radius 1 is 1.33 bits per heavy atom. The summed E-state index contributed by atoms with van der Waals surface area (Å²) in [5.41, 5.74) is 1.87. The van der Waals surface area contributed by atoms with Gasteiger partial charge in [0, 0.05) is 34.5 Å². The molecule has 0 saturated carbocycles. The van der Waals surface area contributed by atoms with E-state index in [2.05, 4.69) is 10.6 Å². The van der Waals surface area contributed by atoms with Crippen LogP contribution >= 0.6 is 0 Å². The fourth-order valence-electron chi connectivity index (χ4n) is 1.44. The molecule has 1 aromatic rings. The Hall–Kier alpha value is -1.20. The number of hydrogen-bond donors (Lipinski definition) is 2. The van der Waals surface area contributed by atoms with Gasteiger partial charge in [0.2, 0.25) is 5.91 Å². The first-order valence-electron chi connectivity index (χ1n) is 6.04. The monoisotopic (exact) mass is 268 g/mol. The normalized spacial score (nSPS) is 12.1. The summed E-state index contributed by atoms with van der Waals surface area (Å²) >= 11 is 0. The molecule has 0 aliphatic heterocycles. The van der Waals surface area contributed by atoms with Crippen molar-refractivity contribution in [2.75, 3.05) is 29.9 Å². The van der Waals surface area contributed by atoms with E-state index in [4.69, 9.17) is 0 Å². The van der Waals surface area contributed by atoms with Gasteiger partial charge in [-0.05, 0) is 18.6 Å². The summed E-state index contributed by atoms with van der Waals surface area (Å²) in [6, 6.07) is 7.65. The summed E-state index contributed by atoms with van der Waals surface area (Å²) in [5.74, 6) is 1.18. The topological polar surface area (TPSA) is 58.2 Å². The molecule has 0 aliphatic rings. The molecular weight excluding hydrogens is 248 g/mol. The van der Waals surface area contributed by atoms with E-state index >= 15 is 0 Å². The van der Waals surface area contributed by atoms with Gasteiger partial charge in [-0.3, -0.25) is 9.00 Å². The Morgan fingerprint density at radius 2 is 2.06 bits per heavy atom. The second-order valence-corrected chi connectivity index (χ2v) is 5.84. The van der Waals surface area contributed by atoms with Crippen molar-refractivity contribution in [2.45, 2.75) is 13.8 Å². The number of rotatable bonds is 7. The lowest BCUT2D eigenvalue weighted by molar-refractivity contribution is -0.115. The summed E-state index contributed by atoms with van der Waals surface area (Å²) in [4.78, 5) is 11.6. The van der Waals surface area contributed by atoms with Crippen LogP contribution in [-0.2, 0) is 15.6 Å². The highest BCUT2D eigenvalue weighted by Crippen LogP contribution is 2.12. The smallest absolute Gasteiger partial charge is 0.238 e. The van der Waals surface area contributed by atoms with Crippen molar-refractivity contribution in [3.05, 3.63) is 29.8 Å². The van der Waals surface area contributed by atoms with Gasteiger partial charge < -0.3 is 10.6 Å². The third-order valence-corrected chi connectivity index (χ3v) is 3.84. The molecule has 0 aliphatic carbocycles. The van der Waals surface area contributed by atoms with E-state index in [1.807, 2.05) is 38.1 Å². The molecule has 0 radical (unpaired) electrons. The third kappa shape index (κ3) is 5.42. The number of nitrogens with one attached hydrogen (secondary N) is 2. The van der Waals surface area contributed by atoms with Gasteiger partial charge in [0.25, 0.3) is 0 Å². The van der Waals surface area contributed by atoms with Gasteiger partial charge in [-0.1, -0.05) is 25.1 Å². The van der Waals surface area contributed by atoms with E-state index in [1.54, 1.807) is 0 Å². The van der Waals surface area contributed by atoms with Crippen LogP contribution in [0.2, 0.25) is 0 Å². The standard InChI is InChI=1S/C13H20N2O2S/c1-3-18(17)9-8-14-10-13(16)15-12-7-5-4-6-11(12)2/h4-7,14H,3,8-10H2,1-2H3,(H,15,16). The maximum Gasteiger partial charge on any atom is 0.238 e. The molecule has 18 heavy (non-hydrogen) atoms. The van der Waals surface area contributed by atoms with Crippen LogP contribution in [0.5, 0.6) is 0 Å². The average Bonchev–Trinajstić information content (AvgIpc) is 2.37. The van der Waals surface area contributed by atoms with Crippen LogP contribution in [0, 0.1) is 6.92 Å². The molecule has 0 aromatic heterocycles. The van der Waals surface area contributed by atoms with Crippen LogP contribution in [0.15, 0.2) is 24.3 Å². The summed E-state index contributed by atoms with van der Waals surface area (Å²) < 4.78 is 11.2. The van der Waals surface area contributed by atoms with E-state index in [9.17, 15) is 9.00 Å². The van der Waals surface area contributed by atoms with Crippen LogP contribution in [0.25, 0.3) is 0 Å². The Bertz CT molecular complexity index is 421. The lowest BCUT2D eigenvalue weighted by atomic mass is 10.2. The molecule has 0 bridgehead atoms. The van der Waals surface area contributed by atoms with E-state index in [1.165, 1.54) is 0 Å². The number of amides is 1. The van der Waals surface area contributed by atoms with Crippen LogP contribution < -0.4 is 10.6 Å². The van der Waals surface area contributed by atoms with Crippen molar-refractivity contribution in [1.82, 2.24) is 5.32 Å². The summed E-state index contributed by atoms with van der Waals surface area (Å²) in [6.07, 6.45) is 0. The number of anilines is 1. The lowest BCUT2D eigenvalue weighted by Gasteiger charge is -2.08. The first-order chi connectivity index (χ1) is 8.63. The first-order valence-corrected chi connectivity index (χ1v) is 7.53. The molecule has 1 atom stereocenters. The highest BCUT2D eigenvalue weighted by atomic mass is 32.2. The molecule has 0 spiro atoms. The molecule has 0 saturated heterocycles. The zero-order chi connectivity index (χ0) is 13.4. The minimum atomic E-state index is -0.777. The number of carbonyl (C=O) groups is 1. The van der Waals surface area contributed by atoms with Crippen molar-refractivity contribution < 1.29 is 9.00 Å². The zero-order valence-electron chi connectivity index (χ0n) is 10.9. The molecule has 4 nitrogen and oxygen atoms in total. The highest BCUT2D eigenvalue weighted by molar-refractivity contribution is 7.84. The van der Waals surface area contributed by atoms with Crippen molar-refractivity contribution in [3.63, 3.8) is 0 Å². The number of para-hydroxylation sites is 1. The van der Waals surface area contributed by atoms with Crippen LogP contribution in [0.4, 0.5) is 5.69 Å². The number of hydrogen-bond acceptors (Lipinski definition) is 3. The quantitative estimate of drug-likeness (QED) is 0.733. The SMILES string of the molecule is CCS(=O)CCNCC(=O)Nc1ccccc1C. The molecule has 0 fully saturated rings. The Morgan fingerprint density at radius 3 is 2.72 bits per heavy atom. The van der Waals surface area contributed by atoms with E-state index in [-0.39, 0.29) is 12.5 Å². The van der Waals surface area contributed by atoms with Gasteiger partial charge in [0.15, 0.2) is 0 Å². The third-order valence-electron chi connectivity index (χ3n) is 2.53. The van der Waals surface area contributed by atoms with Crippen LogP contribution in [0.3, 0.4) is 0 Å². The maximum atomic E-state index is 11.6. The average molecular weight is 268 g/mol. The second kappa shape index (κ2) is 8.00. The molecule has 100 valence electrons. The molecule has 1 aromatic carbocycles. The van der Waals surface area contributed by atoms with Gasteiger partial charge in [0.1, 0.15) is 0 Å². The van der Waals surface area contributed by atoms with Gasteiger partial charge in [0.05, 0.1) is 6.54 Å². The minimum Gasteiger partial charge on any atom is -0.325 e. The van der Waals surface area contributed by atoms with E-state index in [0.29, 0.717) is 18.1 Å². The van der Waals surface area contributed by atoms with Gasteiger partial charge >= 0.3 is 0 Å². The predicted octanol–water partition coefficient (Wildman–Crippen LogP) is 1.29. The first kappa shape index (κ1) is 14.9. The van der Waals surface area contributed by atoms with Gasteiger partial charge in [-0.2, -0.15) is 0 Å². The largest absolute Gasteiger partial charge is 0.325 e. The maximum absolute atomic E-state index is 11.6. The zero-order valence-corrected chi connectivity index (χ0v) is 11.7. The minimum absolute atomic E-state index is 0.0772. The van der Waals surface area contributed by atoms with Crippen LogP contribution in [0.1, 0.15) is 12.5 Å². The number of aryl methyl sites for hydroxylation is 1. The molecule has 1 rings (SSSR count). The Balaban J connectivity index is 2.26. The summed E-state index contributed by atoms with van der Waals surface area (Å²) in [6.45, 7) is 4.69. The predicted molar refractivity (Wildman–Crippen MR) is 76.2 cm³/mol. The highest BCUT2D eigenvalue weighted by Gasteiger charge is 2.03. The second-order valence-electron chi connectivity index (χ2n) is 3.97. The van der Waals surface area contributed by atoms with Crippen LogP contribution in [-0.4, -0.2) is 34.7 Å². The molecule has 0 heterocycles. The van der Waals surface area contributed by atoms with Crippen molar-refractivity contribution in [1.29, 1.82) is 0 Å². The molecule has 2 N–H and O–H groups in total. The van der Waals surface area contributed by atoms with Crippen molar-refractivity contribution in [2.24, 2.45) is 0 Å².